The van der Waals surface area contributed by atoms with E-state index in [4.69, 9.17) is 15.2 Å². The highest BCUT2D eigenvalue weighted by atomic mass is 32.2. The first kappa shape index (κ1) is 19.1. The lowest BCUT2D eigenvalue weighted by Crippen LogP contribution is -2.17. The van der Waals surface area contributed by atoms with Crippen molar-refractivity contribution in [3.8, 4) is 11.5 Å². The van der Waals surface area contributed by atoms with E-state index in [-0.39, 0.29) is 17.8 Å². The summed E-state index contributed by atoms with van der Waals surface area (Å²) in [5.74, 6) is 2.40. The Morgan fingerprint density at radius 1 is 1.20 bits per heavy atom. The molecule has 1 unspecified atom stereocenters. The van der Waals surface area contributed by atoms with Crippen molar-refractivity contribution in [3.05, 3.63) is 30.1 Å². The first-order valence-corrected chi connectivity index (χ1v) is 9.04. The minimum Gasteiger partial charge on any atom is -0.497 e. The van der Waals surface area contributed by atoms with Crippen molar-refractivity contribution in [2.75, 3.05) is 12.9 Å². The number of carbonyl (C=O) groups is 1. The number of rotatable bonds is 9. The number of primary amides is 1. The topological polar surface area (TPSA) is 92.3 Å². The molecule has 7 nitrogen and oxygen atoms in total. The van der Waals surface area contributed by atoms with Gasteiger partial charge in [-0.15, -0.1) is 10.2 Å². The molecule has 0 fully saturated rings. The number of amides is 1. The van der Waals surface area contributed by atoms with Crippen LogP contribution in [0.5, 0.6) is 11.5 Å². The number of nitrogens with zero attached hydrogens (tertiary/aromatic N) is 3. The van der Waals surface area contributed by atoms with Crippen LogP contribution >= 0.6 is 11.8 Å². The Morgan fingerprint density at radius 2 is 1.84 bits per heavy atom. The zero-order valence-corrected chi connectivity index (χ0v) is 15.7. The van der Waals surface area contributed by atoms with Gasteiger partial charge in [-0.3, -0.25) is 4.79 Å². The van der Waals surface area contributed by atoms with Crippen LogP contribution in [-0.4, -0.2) is 33.5 Å². The molecule has 0 aliphatic carbocycles. The van der Waals surface area contributed by atoms with Crippen molar-refractivity contribution in [3.63, 3.8) is 0 Å². The summed E-state index contributed by atoms with van der Waals surface area (Å²) in [5.41, 5.74) is 5.23. The number of carbonyl (C=O) groups excluding carboxylic acids is 1. The second-order valence-electron chi connectivity index (χ2n) is 6.04. The molecule has 2 rings (SSSR count). The van der Waals surface area contributed by atoms with Gasteiger partial charge in [-0.2, -0.15) is 0 Å². The lowest BCUT2D eigenvalue weighted by molar-refractivity contribution is -0.115. The van der Waals surface area contributed by atoms with Crippen molar-refractivity contribution in [2.24, 2.45) is 11.7 Å². The molecule has 2 aromatic rings. The lowest BCUT2D eigenvalue weighted by Gasteiger charge is -2.18. The summed E-state index contributed by atoms with van der Waals surface area (Å²) in [6.07, 6.45) is -0.289. The van der Waals surface area contributed by atoms with Gasteiger partial charge in [0.2, 0.25) is 5.91 Å². The smallest absolute Gasteiger partial charge is 0.227 e. The Morgan fingerprint density at radius 3 is 2.40 bits per heavy atom. The van der Waals surface area contributed by atoms with E-state index in [1.165, 1.54) is 11.8 Å². The molecule has 1 aromatic heterocycles. The van der Waals surface area contributed by atoms with Crippen LogP contribution < -0.4 is 15.2 Å². The number of thioether (sulfide) groups is 1. The minimum atomic E-state index is -0.381. The Balaban J connectivity index is 2.18. The average molecular weight is 364 g/mol. The van der Waals surface area contributed by atoms with Gasteiger partial charge in [-0.25, -0.2) is 0 Å². The van der Waals surface area contributed by atoms with Gasteiger partial charge >= 0.3 is 0 Å². The van der Waals surface area contributed by atoms with E-state index < -0.39 is 0 Å². The number of aromatic nitrogens is 3. The third-order valence-corrected chi connectivity index (χ3v) is 4.36. The van der Waals surface area contributed by atoms with E-state index in [9.17, 15) is 4.79 Å². The molecule has 1 heterocycles. The first-order valence-electron chi connectivity index (χ1n) is 8.05. The predicted molar refractivity (Wildman–Crippen MR) is 96.8 cm³/mol. The van der Waals surface area contributed by atoms with Gasteiger partial charge in [-0.1, -0.05) is 25.6 Å². The van der Waals surface area contributed by atoms with E-state index in [2.05, 4.69) is 24.0 Å². The maximum atomic E-state index is 11.0. The number of nitrogens with two attached hydrogens (primary N) is 1. The Bertz CT molecular complexity index is 700. The second-order valence-corrected chi connectivity index (χ2v) is 6.98. The average Bonchev–Trinajstić information content (AvgIpc) is 2.95. The number of hydrogen-bond donors (Lipinski definition) is 1. The normalized spacial score (nSPS) is 12.2. The highest BCUT2D eigenvalue weighted by Crippen LogP contribution is 2.26. The van der Waals surface area contributed by atoms with E-state index in [0.717, 1.165) is 23.9 Å². The van der Waals surface area contributed by atoms with Gasteiger partial charge in [0, 0.05) is 6.54 Å². The van der Waals surface area contributed by atoms with E-state index in [1.807, 2.05) is 35.8 Å². The van der Waals surface area contributed by atoms with Crippen LogP contribution in [0.2, 0.25) is 0 Å². The molecule has 25 heavy (non-hydrogen) atoms. The molecule has 1 amide bonds. The van der Waals surface area contributed by atoms with Crippen LogP contribution in [0.25, 0.3) is 0 Å². The maximum absolute atomic E-state index is 11.0. The maximum Gasteiger partial charge on any atom is 0.227 e. The van der Waals surface area contributed by atoms with Crippen LogP contribution in [0.4, 0.5) is 0 Å². The summed E-state index contributed by atoms with van der Waals surface area (Å²) < 4.78 is 13.1. The molecule has 0 saturated heterocycles. The Hall–Kier alpha value is -2.22. The summed E-state index contributed by atoms with van der Waals surface area (Å²) in [5, 5.41) is 9.14. The van der Waals surface area contributed by atoms with Crippen molar-refractivity contribution >= 4 is 17.7 Å². The third kappa shape index (κ3) is 5.38. The zero-order chi connectivity index (χ0) is 18.4. The van der Waals surface area contributed by atoms with E-state index in [1.54, 1.807) is 7.11 Å². The SMILES string of the molecule is COc1ccc(OC(C)c2nnc(SCC(N)=O)n2CC(C)C)cc1. The fourth-order valence-electron chi connectivity index (χ4n) is 2.29. The van der Waals surface area contributed by atoms with Crippen molar-refractivity contribution in [1.29, 1.82) is 0 Å². The molecular weight excluding hydrogens is 340 g/mol. The minimum absolute atomic E-state index is 0.171. The van der Waals surface area contributed by atoms with Crippen LogP contribution in [0.1, 0.15) is 32.7 Å². The highest BCUT2D eigenvalue weighted by molar-refractivity contribution is 7.99. The van der Waals surface area contributed by atoms with Gasteiger partial charge < -0.3 is 19.8 Å². The molecule has 0 bridgehead atoms. The van der Waals surface area contributed by atoms with Crippen molar-refractivity contribution in [1.82, 2.24) is 14.8 Å². The van der Waals surface area contributed by atoms with Crippen LogP contribution in [0, 0.1) is 5.92 Å². The zero-order valence-electron chi connectivity index (χ0n) is 14.9. The van der Waals surface area contributed by atoms with Gasteiger partial charge in [0.05, 0.1) is 12.9 Å². The molecule has 0 aliphatic heterocycles. The summed E-state index contributed by atoms with van der Waals surface area (Å²) in [6, 6.07) is 7.38. The molecule has 136 valence electrons. The summed E-state index contributed by atoms with van der Waals surface area (Å²) in [6.45, 7) is 6.88. The van der Waals surface area contributed by atoms with Gasteiger partial charge in [0.1, 0.15) is 11.5 Å². The Labute approximate surface area is 151 Å². The lowest BCUT2D eigenvalue weighted by atomic mass is 10.2. The number of hydrogen-bond acceptors (Lipinski definition) is 6. The molecule has 2 N–H and O–H groups in total. The molecule has 0 spiro atoms. The summed E-state index contributed by atoms with van der Waals surface area (Å²) >= 11 is 1.29. The first-order chi connectivity index (χ1) is 11.9. The van der Waals surface area contributed by atoms with E-state index >= 15 is 0 Å². The summed E-state index contributed by atoms with van der Waals surface area (Å²) in [4.78, 5) is 11.0. The summed E-state index contributed by atoms with van der Waals surface area (Å²) in [7, 11) is 1.62. The quantitative estimate of drug-likeness (QED) is 0.688. The van der Waals surface area contributed by atoms with Crippen LogP contribution in [-0.2, 0) is 11.3 Å². The molecule has 1 aromatic carbocycles. The third-order valence-electron chi connectivity index (χ3n) is 3.37. The fraction of sp³-hybridized carbons (Fsp3) is 0.471. The van der Waals surface area contributed by atoms with Crippen molar-refractivity contribution in [2.45, 2.75) is 38.6 Å². The molecular formula is C17H24N4O3S. The molecule has 0 radical (unpaired) electrons. The Kier molecular flexibility index (Phi) is 6.69. The monoisotopic (exact) mass is 364 g/mol. The van der Waals surface area contributed by atoms with Gasteiger partial charge in [-0.05, 0) is 37.1 Å². The number of ether oxygens (including phenoxy) is 2. The second kappa shape index (κ2) is 8.75. The molecule has 1 atom stereocenters. The number of methoxy groups -OCH3 is 1. The molecule has 8 heteroatoms. The van der Waals surface area contributed by atoms with Gasteiger partial charge in [0.25, 0.3) is 0 Å². The van der Waals surface area contributed by atoms with Gasteiger partial charge in [0.15, 0.2) is 17.1 Å². The highest BCUT2D eigenvalue weighted by Gasteiger charge is 2.20. The predicted octanol–water partition coefficient (Wildman–Crippen LogP) is 2.66. The van der Waals surface area contributed by atoms with E-state index in [0.29, 0.717) is 11.1 Å². The van der Waals surface area contributed by atoms with Crippen LogP contribution in [0.15, 0.2) is 29.4 Å². The largest absolute Gasteiger partial charge is 0.497 e. The molecule has 0 saturated carbocycles. The fourth-order valence-corrected chi connectivity index (χ4v) is 2.98. The number of benzene rings is 1. The van der Waals surface area contributed by atoms with Crippen molar-refractivity contribution < 1.29 is 14.3 Å². The van der Waals surface area contributed by atoms with Crippen LogP contribution in [0.3, 0.4) is 0 Å². The standard InChI is InChI=1S/C17H24N4O3S/c1-11(2)9-21-16(19-20-17(21)25-10-15(18)22)12(3)24-14-7-5-13(23-4)6-8-14/h5-8,11-12H,9-10H2,1-4H3,(H2,18,22). The molecule has 0 aliphatic rings.